The lowest BCUT2D eigenvalue weighted by atomic mass is 10.0. The minimum Gasteiger partial charge on any atom is -0.381 e. The Morgan fingerprint density at radius 2 is 1.91 bits per heavy atom. The molecule has 1 saturated heterocycles. The molecule has 2 N–H and O–H groups in total. The van der Waals surface area contributed by atoms with E-state index in [0.29, 0.717) is 22.2 Å². The average Bonchev–Trinajstić information content (AvgIpc) is 2.75. The van der Waals surface area contributed by atoms with Crippen molar-refractivity contribution < 1.29 is 21.9 Å². The van der Waals surface area contributed by atoms with Gasteiger partial charge in [-0.2, -0.15) is 12.7 Å². The van der Waals surface area contributed by atoms with Gasteiger partial charge in [0.05, 0.1) is 53.3 Å². The Hall–Kier alpha value is -2.80. The number of ether oxygens (including phenoxy) is 1. The third-order valence-corrected chi connectivity index (χ3v) is 7.41. The van der Waals surface area contributed by atoms with Gasteiger partial charge in [-0.1, -0.05) is 11.6 Å². The lowest BCUT2D eigenvalue weighted by Gasteiger charge is -2.42. The fourth-order valence-corrected chi connectivity index (χ4v) is 5.46. The van der Waals surface area contributed by atoms with Crippen molar-refractivity contribution in [1.29, 1.82) is 0 Å². The van der Waals surface area contributed by atoms with Crippen molar-refractivity contribution in [2.75, 3.05) is 36.8 Å². The molecule has 0 bridgehead atoms. The molecule has 0 saturated carbocycles. The summed E-state index contributed by atoms with van der Waals surface area (Å²) in [4.78, 5) is 16.8. The van der Waals surface area contributed by atoms with Crippen LogP contribution in [0.15, 0.2) is 35.4 Å². The minimum absolute atomic E-state index is 0.0929. The fourth-order valence-electron chi connectivity index (χ4n) is 3.78. The lowest BCUT2D eigenvalue weighted by Crippen LogP contribution is -2.63. The molecule has 0 spiro atoms. The van der Waals surface area contributed by atoms with Crippen molar-refractivity contribution in [2.24, 2.45) is 7.05 Å². The van der Waals surface area contributed by atoms with Crippen molar-refractivity contribution in [1.82, 2.24) is 13.9 Å². The van der Waals surface area contributed by atoms with Gasteiger partial charge < -0.3 is 14.6 Å². The molecule has 1 aromatic heterocycles. The van der Waals surface area contributed by atoms with Crippen molar-refractivity contribution >= 4 is 49.8 Å². The highest BCUT2D eigenvalue weighted by molar-refractivity contribution is 7.90. The number of anilines is 3. The van der Waals surface area contributed by atoms with E-state index in [1.165, 1.54) is 24.1 Å². The molecule has 3 aromatic rings. The highest BCUT2D eigenvalue weighted by Gasteiger charge is 2.49. The molecule has 2 aromatic carbocycles. The number of nitrogens with zero attached hydrogens (tertiary/aromatic N) is 3. The second-order valence-corrected chi connectivity index (χ2v) is 10.2. The van der Waals surface area contributed by atoms with Crippen LogP contribution >= 0.6 is 11.6 Å². The maximum Gasteiger partial charge on any atom is 0.301 e. The van der Waals surface area contributed by atoms with E-state index in [1.807, 2.05) is 0 Å². The van der Waals surface area contributed by atoms with Gasteiger partial charge in [-0.15, -0.1) is 0 Å². The van der Waals surface area contributed by atoms with Crippen molar-refractivity contribution in [3.05, 3.63) is 57.3 Å². The molecule has 1 aliphatic heterocycles. The van der Waals surface area contributed by atoms with Crippen LogP contribution in [-0.4, -0.2) is 54.7 Å². The van der Waals surface area contributed by atoms with E-state index >= 15 is 0 Å². The number of aryl methyl sites for hydroxylation is 2. The number of benzene rings is 2. The summed E-state index contributed by atoms with van der Waals surface area (Å²) in [5.41, 5.74) is -0.925. The predicted molar refractivity (Wildman–Crippen MR) is 126 cm³/mol. The first-order valence-electron chi connectivity index (χ1n) is 10.1. The van der Waals surface area contributed by atoms with Crippen LogP contribution in [-0.2, 0) is 22.0 Å². The first-order chi connectivity index (χ1) is 16.0. The summed E-state index contributed by atoms with van der Waals surface area (Å²) >= 11 is 6.35. The Morgan fingerprint density at radius 1 is 1.24 bits per heavy atom. The van der Waals surface area contributed by atoms with Crippen molar-refractivity contribution in [3.8, 4) is 0 Å². The molecule has 0 amide bonds. The zero-order valence-electron chi connectivity index (χ0n) is 18.5. The van der Waals surface area contributed by atoms with E-state index in [1.54, 1.807) is 26.1 Å². The van der Waals surface area contributed by atoms with E-state index in [9.17, 15) is 22.0 Å². The zero-order valence-corrected chi connectivity index (χ0v) is 20.1. The van der Waals surface area contributed by atoms with Crippen LogP contribution in [0.3, 0.4) is 0 Å². The van der Waals surface area contributed by atoms with Crippen LogP contribution in [0, 0.1) is 12.7 Å². The molecule has 0 atom stereocenters. The van der Waals surface area contributed by atoms with E-state index in [-0.39, 0.29) is 41.7 Å². The summed E-state index contributed by atoms with van der Waals surface area (Å²) < 4.78 is 63.5. The second kappa shape index (κ2) is 8.77. The molecule has 4 rings (SSSR count). The summed E-state index contributed by atoms with van der Waals surface area (Å²) in [7, 11) is -1.24. The molecular weight excluding hydrogens is 492 g/mol. The van der Waals surface area contributed by atoms with Crippen LogP contribution in [0.1, 0.15) is 5.56 Å². The number of hydrogen-bond acceptors (Lipinski definition) is 6. The molecule has 182 valence electrons. The largest absolute Gasteiger partial charge is 0.381 e. The van der Waals surface area contributed by atoms with Crippen LogP contribution < -0.4 is 15.6 Å². The van der Waals surface area contributed by atoms with Gasteiger partial charge in [0, 0.05) is 19.8 Å². The molecule has 0 aliphatic carbocycles. The number of hydrogen-bond donors (Lipinski definition) is 2. The maximum absolute atomic E-state index is 14.7. The van der Waals surface area contributed by atoms with Gasteiger partial charge in [-0.3, -0.25) is 9.52 Å². The summed E-state index contributed by atoms with van der Waals surface area (Å²) in [5, 5.41) is 2.98. The fraction of sp³-hybridized carbons (Fsp3) is 0.333. The predicted octanol–water partition coefficient (Wildman–Crippen LogP) is 3.11. The molecule has 0 radical (unpaired) electrons. The van der Waals surface area contributed by atoms with Gasteiger partial charge in [-0.05, 0) is 36.8 Å². The summed E-state index contributed by atoms with van der Waals surface area (Å²) in [5.74, 6) is -0.738. The van der Waals surface area contributed by atoms with Gasteiger partial charge in [0.15, 0.2) is 5.67 Å². The molecule has 9 nitrogen and oxygen atoms in total. The summed E-state index contributed by atoms with van der Waals surface area (Å²) in [6.45, 7) is 0.700. The molecule has 13 heteroatoms. The third-order valence-electron chi connectivity index (χ3n) is 5.60. The highest BCUT2D eigenvalue weighted by atomic mass is 35.5. The summed E-state index contributed by atoms with van der Waals surface area (Å²) in [6.07, 6.45) is 1.41. The minimum atomic E-state index is -4.14. The van der Waals surface area contributed by atoms with E-state index < -0.39 is 21.7 Å². The molecular formula is C21H22ClF2N5O4S. The zero-order chi connectivity index (χ0) is 24.8. The van der Waals surface area contributed by atoms with Gasteiger partial charge in [0.1, 0.15) is 5.82 Å². The Labute approximate surface area is 199 Å². The second-order valence-electron chi connectivity index (χ2n) is 8.16. The smallest absolute Gasteiger partial charge is 0.301 e. The van der Waals surface area contributed by atoms with E-state index in [0.717, 1.165) is 10.4 Å². The highest BCUT2D eigenvalue weighted by Crippen LogP contribution is 2.37. The normalized spacial score (nSPS) is 15.8. The van der Waals surface area contributed by atoms with Gasteiger partial charge in [0.2, 0.25) is 0 Å². The number of alkyl halides is 1. The number of methoxy groups -OCH3 is 1. The monoisotopic (exact) mass is 513 g/mol. The number of fused-ring (bicyclic) bond motifs is 1. The molecule has 2 heterocycles. The van der Waals surface area contributed by atoms with Crippen LogP contribution in [0.25, 0.3) is 10.9 Å². The Balaban J connectivity index is 1.64. The number of rotatable bonds is 7. The lowest BCUT2D eigenvalue weighted by molar-refractivity contribution is -0.0400. The van der Waals surface area contributed by atoms with Gasteiger partial charge in [0.25, 0.3) is 5.56 Å². The number of halogens is 3. The Bertz CT molecular complexity index is 1440. The van der Waals surface area contributed by atoms with Crippen molar-refractivity contribution in [2.45, 2.75) is 12.6 Å². The van der Waals surface area contributed by atoms with E-state index in [4.69, 9.17) is 16.3 Å². The molecule has 0 unspecified atom stereocenters. The van der Waals surface area contributed by atoms with Crippen LogP contribution in [0.5, 0.6) is 0 Å². The van der Waals surface area contributed by atoms with Crippen LogP contribution in [0.2, 0.25) is 5.02 Å². The standard InChI is InChI=1S/C21H22ClF2N5O4S/c1-12-14(6-7-15-17(12)20(30)28(2)11-25-15)26-19-13(23)4-5-16(18(19)22)27-34(31,32)29-8-21(24,9-29)10-33-3/h4-7,11,26-27H,8-10H2,1-3H3. The topological polar surface area (TPSA) is 106 Å². The maximum atomic E-state index is 14.7. The average molecular weight is 514 g/mol. The molecule has 1 fully saturated rings. The number of nitrogens with one attached hydrogen (secondary N) is 2. The quantitative estimate of drug-likeness (QED) is 0.503. The summed E-state index contributed by atoms with van der Waals surface area (Å²) in [6, 6.07) is 5.44. The van der Waals surface area contributed by atoms with Crippen molar-refractivity contribution in [3.63, 3.8) is 0 Å². The first kappa shape index (κ1) is 24.3. The molecule has 34 heavy (non-hydrogen) atoms. The molecule has 1 aliphatic rings. The third kappa shape index (κ3) is 4.33. The SMILES string of the molecule is COCC1(F)CN(S(=O)(=O)Nc2ccc(F)c(Nc3ccc4ncn(C)c(=O)c4c3C)c2Cl)C1. The Kier molecular flexibility index (Phi) is 6.27. The van der Waals surface area contributed by atoms with Gasteiger partial charge >= 0.3 is 10.2 Å². The van der Waals surface area contributed by atoms with E-state index in [2.05, 4.69) is 15.0 Å². The van der Waals surface area contributed by atoms with Gasteiger partial charge in [-0.25, -0.2) is 13.8 Å². The first-order valence-corrected chi connectivity index (χ1v) is 11.9. The van der Waals surface area contributed by atoms with Crippen LogP contribution in [0.4, 0.5) is 25.8 Å². The Morgan fingerprint density at radius 3 is 2.59 bits per heavy atom. The number of aromatic nitrogens is 2.